The van der Waals surface area contributed by atoms with Crippen molar-refractivity contribution >= 4 is 17.8 Å². The maximum absolute atomic E-state index is 13.8. The number of esters is 1. The van der Waals surface area contributed by atoms with E-state index >= 15 is 0 Å². The molecule has 0 aliphatic carbocycles. The summed E-state index contributed by atoms with van der Waals surface area (Å²) < 4.78 is 18.4. The fraction of sp³-hybridized carbons (Fsp3) is 0.571. The lowest BCUT2D eigenvalue weighted by Gasteiger charge is -2.32. The second kappa shape index (κ2) is 8.71. The van der Waals surface area contributed by atoms with Gasteiger partial charge in [-0.15, -0.1) is 0 Å². The summed E-state index contributed by atoms with van der Waals surface area (Å²) in [6.07, 6.45) is 3.03. The van der Waals surface area contributed by atoms with E-state index in [-0.39, 0.29) is 29.2 Å². The summed E-state index contributed by atoms with van der Waals surface area (Å²) in [5.41, 5.74) is 0.819. The van der Waals surface area contributed by atoms with Crippen molar-refractivity contribution in [1.82, 2.24) is 9.80 Å². The maximum Gasteiger partial charge on any atom is 0.340 e. The molecule has 2 saturated heterocycles. The van der Waals surface area contributed by atoms with E-state index in [1.165, 1.54) is 13.2 Å². The first-order chi connectivity index (χ1) is 13.4. The Morgan fingerprint density at radius 3 is 2.43 bits per heavy atom. The highest BCUT2D eigenvalue weighted by atomic mass is 19.1. The lowest BCUT2D eigenvalue weighted by atomic mass is 9.95. The summed E-state index contributed by atoms with van der Waals surface area (Å²) in [4.78, 5) is 39.6. The van der Waals surface area contributed by atoms with Crippen molar-refractivity contribution in [2.24, 2.45) is 11.8 Å². The predicted molar refractivity (Wildman–Crippen MR) is 101 cm³/mol. The smallest absolute Gasteiger partial charge is 0.340 e. The van der Waals surface area contributed by atoms with Crippen LogP contribution in [0.25, 0.3) is 0 Å². The van der Waals surface area contributed by atoms with Gasteiger partial charge in [0, 0.05) is 39.0 Å². The quantitative estimate of drug-likeness (QED) is 0.740. The molecule has 3 rings (SSSR count). The molecule has 1 atom stereocenters. The molecule has 2 fully saturated rings. The number of benzene rings is 1. The fourth-order valence-corrected chi connectivity index (χ4v) is 4.20. The topological polar surface area (TPSA) is 66.9 Å². The lowest BCUT2D eigenvalue weighted by molar-refractivity contribution is -0.139. The zero-order chi connectivity index (χ0) is 20.3. The first kappa shape index (κ1) is 20.3. The number of hydrogen-bond donors (Lipinski definition) is 0. The normalized spacial score (nSPS) is 20.3. The SMILES string of the molecule is COC(=O)c1cc(CC2CCN(C(=O)C3CCN(C(C)=O)CC3)C2)ccc1F. The molecule has 6 nitrogen and oxygen atoms in total. The van der Waals surface area contributed by atoms with Crippen molar-refractivity contribution in [2.45, 2.75) is 32.6 Å². The number of carbonyl (C=O) groups excluding carboxylic acids is 3. The number of amides is 2. The average Bonchev–Trinajstić information content (AvgIpc) is 3.16. The number of halogens is 1. The van der Waals surface area contributed by atoms with Crippen molar-refractivity contribution in [3.63, 3.8) is 0 Å². The van der Waals surface area contributed by atoms with Crippen molar-refractivity contribution in [1.29, 1.82) is 0 Å². The zero-order valence-corrected chi connectivity index (χ0v) is 16.4. The Balaban J connectivity index is 1.55. The summed E-state index contributed by atoms with van der Waals surface area (Å²) in [6, 6.07) is 4.52. The van der Waals surface area contributed by atoms with Crippen LogP contribution in [0.1, 0.15) is 42.1 Å². The van der Waals surface area contributed by atoms with E-state index in [9.17, 15) is 18.8 Å². The molecule has 0 radical (unpaired) electrons. The Kier molecular flexibility index (Phi) is 6.31. The molecular weight excluding hydrogens is 363 g/mol. The van der Waals surface area contributed by atoms with E-state index in [1.54, 1.807) is 24.0 Å². The van der Waals surface area contributed by atoms with Gasteiger partial charge in [-0.05, 0) is 49.3 Å². The molecule has 0 saturated carbocycles. The number of ether oxygens (including phenoxy) is 1. The van der Waals surface area contributed by atoms with Crippen molar-refractivity contribution in [2.75, 3.05) is 33.3 Å². The van der Waals surface area contributed by atoms with Crippen LogP contribution in [0.15, 0.2) is 18.2 Å². The molecule has 1 aromatic carbocycles. The lowest BCUT2D eigenvalue weighted by Crippen LogP contribution is -2.43. The Morgan fingerprint density at radius 2 is 1.79 bits per heavy atom. The Hall–Kier alpha value is -2.44. The second-order valence-corrected chi connectivity index (χ2v) is 7.73. The van der Waals surface area contributed by atoms with E-state index in [4.69, 9.17) is 0 Å². The minimum atomic E-state index is -0.681. The number of methoxy groups -OCH3 is 1. The summed E-state index contributed by atoms with van der Waals surface area (Å²) in [5.74, 6) is -0.740. The van der Waals surface area contributed by atoms with Crippen LogP contribution in [0.5, 0.6) is 0 Å². The summed E-state index contributed by atoms with van der Waals surface area (Å²) in [5, 5.41) is 0. The molecule has 0 N–H and O–H groups in total. The van der Waals surface area contributed by atoms with E-state index in [0.717, 1.165) is 31.4 Å². The first-order valence-corrected chi connectivity index (χ1v) is 9.80. The maximum atomic E-state index is 13.8. The van der Waals surface area contributed by atoms with Crippen molar-refractivity contribution < 1.29 is 23.5 Å². The van der Waals surface area contributed by atoms with Crippen LogP contribution in [-0.2, 0) is 20.7 Å². The van der Waals surface area contributed by atoms with Crippen LogP contribution in [0.4, 0.5) is 4.39 Å². The number of nitrogens with zero attached hydrogens (tertiary/aromatic N) is 2. The molecule has 0 aromatic heterocycles. The Labute approximate surface area is 164 Å². The Bertz CT molecular complexity index is 759. The van der Waals surface area contributed by atoms with Crippen LogP contribution < -0.4 is 0 Å². The van der Waals surface area contributed by atoms with Crippen molar-refractivity contribution in [3.8, 4) is 0 Å². The Morgan fingerprint density at radius 1 is 1.11 bits per heavy atom. The highest BCUT2D eigenvalue weighted by Gasteiger charge is 2.33. The summed E-state index contributed by atoms with van der Waals surface area (Å²) in [7, 11) is 1.23. The molecule has 2 heterocycles. The number of hydrogen-bond acceptors (Lipinski definition) is 4. The molecule has 1 unspecified atom stereocenters. The third-order valence-electron chi connectivity index (χ3n) is 5.85. The number of likely N-dealkylation sites (tertiary alicyclic amines) is 2. The predicted octanol–water partition coefficient (Wildman–Crippen LogP) is 2.26. The van der Waals surface area contributed by atoms with Crippen LogP contribution in [0, 0.1) is 17.7 Å². The van der Waals surface area contributed by atoms with E-state index in [2.05, 4.69) is 4.74 Å². The van der Waals surface area contributed by atoms with Crippen molar-refractivity contribution in [3.05, 3.63) is 35.1 Å². The molecule has 152 valence electrons. The van der Waals surface area contributed by atoms with Gasteiger partial charge in [0.1, 0.15) is 5.82 Å². The van der Waals surface area contributed by atoms with Crippen LogP contribution in [-0.4, -0.2) is 60.9 Å². The minimum Gasteiger partial charge on any atom is -0.465 e. The molecule has 28 heavy (non-hydrogen) atoms. The van der Waals surface area contributed by atoms with Gasteiger partial charge >= 0.3 is 5.97 Å². The molecule has 2 aliphatic heterocycles. The van der Waals surface area contributed by atoms with Crippen LogP contribution >= 0.6 is 0 Å². The highest BCUT2D eigenvalue weighted by molar-refractivity contribution is 5.89. The number of carbonyl (C=O) groups is 3. The minimum absolute atomic E-state index is 0.00824. The molecule has 2 amide bonds. The van der Waals surface area contributed by atoms with Crippen LogP contribution in [0.2, 0.25) is 0 Å². The largest absolute Gasteiger partial charge is 0.465 e. The molecule has 7 heteroatoms. The average molecular weight is 390 g/mol. The molecule has 0 bridgehead atoms. The highest BCUT2D eigenvalue weighted by Crippen LogP contribution is 2.26. The van der Waals surface area contributed by atoms with E-state index in [1.807, 2.05) is 4.90 Å². The zero-order valence-electron chi connectivity index (χ0n) is 16.4. The third kappa shape index (κ3) is 4.51. The van der Waals surface area contributed by atoms with E-state index < -0.39 is 11.8 Å². The van der Waals surface area contributed by atoms with Gasteiger partial charge in [0.05, 0.1) is 12.7 Å². The fourth-order valence-electron chi connectivity index (χ4n) is 4.20. The van der Waals surface area contributed by atoms with Gasteiger partial charge in [0.2, 0.25) is 11.8 Å². The van der Waals surface area contributed by atoms with Gasteiger partial charge in [-0.3, -0.25) is 9.59 Å². The van der Waals surface area contributed by atoms with Crippen LogP contribution in [0.3, 0.4) is 0 Å². The van der Waals surface area contributed by atoms with Gasteiger partial charge in [0.25, 0.3) is 0 Å². The molecule has 2 aliphatic rings. The molecule has 0 spiro atoms. The summed E-state index contributed by atoms with van der Waals surface area (Å²) in [6.45, 7) is 4.26. The third-order valence-corrected chi connectivity index (χ3v) is 5.85. The first-order valence-electron chi connectivity index (χ1n) is 9.80. The monoisotopic (exact) mass is 390 g/mol. The number of rotatable bonds is 4. The second-order valence-electron chi connectivity index (χ2n) is 7.73. The van der Waals surface area contributed by atoms with Gasteiger partial charge < -0.3 is 14.5 Å². The molecular formula is C21H27FN2O4. The van der Waals surface area contributed by atoms with Gasteiger partial charge in [-0.2, -0.15) is 0 Å². The summed E-state index contributed by atoms with van der Waals surface area (Å²) >= 11 is 0. The van der Waals surface area contributed by atoms with Gasteiger partial charge in [0.15, 0.2) is 0 Å². The van der Waals surface area contributed by atoms with Gasteiger partial charge in [-0.25, -0.2) is 9.18 Å². The van der Waals surface area contributed by atoms with E-state index in [0.29, 0.717) is 26.1 Å². The van der Waals surface area contributed by atoms with Gasteiger partial charge in [-0.1, -0.05) is 6.07 Å². The standard InChI is InChI=1S/C21H27FN2O4/c1-14(25)23-9-6-17(7-10-23)20(26)24-8-5-16(13-24)11-15-3-4-19(22)18(12-15)21(27)28-2/h3-4,12,16-17H,5-11,13H2,1-2H3. The molecule has 1 aromatic rings. The number of piperidine rings is 1.